The molecule has 1 aliphatic rings. The molecule has 1 fully saturated rings. The van der Waals surface area contributed by atoms with Gasteiger partial charge in [0.05, 0.1) is 5.52 Å². The molecule has 2 aromatic rings. The van der Waals surface area contributed by atoms with Gasteiger partial charge in [-0.2, -0.15) is 0 Å². The predicted molar refractivity (Wildman–Crippen MR) is 68.0 cm³/mol. The van der Waals surface area contributed by atoms with Gasteiger partial charge in [0.15, 0.2) is 0 Å². The highest BCUT2D eigenvalue weighted by molar-refractivity contribution is 5.98. The Morgan fingerprint density at radius 1 is 1.22 bits per heavy atom. The summed E-state index contributed by atoms with van der Waals surface area (Å²) in [7, 11) is 1.81. The number of carbonyl (C=O) groups excluding carboxylic acids is 1. The Morgan fingerprint density at radius 2 is 1.94 bits per heavy atom. The maximum absolute atomic E-state index is 13.2. The van der Waals surface area contributed by atoms with Gasteiger partial charge < -0.3 is 9.47 Å². The van der Waals surface area contributed by atoms with Crippen LogP contribution in [-0.2, 0) is 7.05 Å². The maximum atomic E-state index is 13.2. The first-order valence-corrected chi connectivity index (χ1v) is 6.21. The highest BCUT2D eigenvalue weighted by Crippen LogP contribution is 2.22. The van der Waals surface area contributed by atoms with Crippen molar-refractivity contribution in [3.8, 4) is 0 Å². The summed E-state index contributed by atoms with van der Waals surface area (Å²) in [6.07, 6.45) is 2.15. The van der Waals surface area contributed by atoms with Crippen LogP contribution < -0.4 is 0 Å². The van der Waals surface area contributed by atoms with Crippen LogP contribution in [0, 0.1) is 5.82 Å². The second-order valence-corrected chi connectivity index (χ2v) is 4.79. The van der Waals surface area contributed by atoms with Crippen molar-refractivity contribution in [2.24, 2.45) is 7.05 Å². The van der Waals surface area contributed by atoms with Gasteiger partial charge in [-0.3, -0.25) is 4.79 Å². The minimum absolute atomic E-state index is 0.0478. The molecule has 0 saturated carbocycles. The number of halogens is 1. The summed E-state index contributed by atoms with van der Waals surface area (Å²) in [5, 5.41) is 0.904. The third-order valence-electron chi connectivity index (χ3n) is 3.62. The van der Waals surface area contributed by atoms with E-state index in [1.165, 1.54) is 12.1 Å². The van der Waals surface area contributed by atoms with Crippen molar-refractivity contribution >= 4 is 16.8 Å². The van der Waals surface area contributed by atoms with Crippen molar-refractivity contribution in [1.82, 2.24) is 9.47 Å². The average Bonchev–Trinajstić information content (AvgIpc) is 2.98. The fourth-order valence-corrected chi connectivity index (χ4v) is 2.59. The van der Waals surface area contributed by atoms with Crippen LogP contribution in [-0.4, -0.2) is 28.5 Å². The van der Waals surface area contributed by atoms with E-state index >= 15 is 0 Å². The fraction of sp³-hybridized carbons (Fsp3) is 0.357. The molecule has 18 heavy (non-hydrogen) atoms. The Hall–Kier alpha value is -1.84. The topological polar surface area (TPSA) is 25.2 Å². The lowest BCUT2D eigenvalue weighted by Gasteiger charge is -2.15. The number of rotatable bonds is 1. The molecule has 1 amide bonds. The van der Waals surface area contributed by atoms with Crippen LogP contribution in [0.1, 0.15) is 23.3 Å². The van der Waals surface area contributed by atoms with E-state index in [1.807, 2.05) is 18.0 Å². The number of hydrogen-bond acceptors (Lipinski definition) is 1. The Balaban J connectivity index is 2.06. The molecule has 1 aromatic heterocycles. The average molecular weight is 246 g/mol. The molecular weight excluding hydrogens is 231 g/mol. The monoisotopic (exact) mass is 246 g/mol. The molecule has 1 saturated heterocycles. The molecule has 0 atom stereocenters. The van der Waals surface area contributed by atoms with Crippen LogP contribution in [0.25, 0.3) is 10.9 Å². The molecule has 94 valence electrons. The highest BCUT2D eigenvalue weighted by Gasteiger charge is 2.22. The Morgan fingerprint density at radius 3 is 2.67 bits per heavy atom. The first-order chi connectivity index (χ1) is 8.66. The summed E-state index contributed by atoms with van der Waals surface area (Å²) in [5.41, 5.74) is 1.40. The van der Waals surface area contributed by atoms with E-state index in [2.05, 4.69) is 0 Å². The molecule has 3 rings (SSSR count). The van der Waals surface area contributed by atoms with Crippen LogP contribution in [0.3, 0.4) is 0 Å². The number of amides is 1. The maximum Gasteiger partial charge on any atom is 0.270 e. The van der Waals surface area contributed by atoms with Crippen molar-refractivity contribution in [1.29, 1.82) is 0 Å². The van der Waals surface area contributed by atoms with Crippen LogP contribution >= 0.6 is 0 Å². The van der Waals surface area contributed by atoms with Crippen LogP contribution in [0.5, 0.6) is 0 Å². The van der Waals surface area contributed by atoms with E-state index < -0.39 is 0 Å². The number of aryl methyl sites for hydroxylation is 1. The lowest BCUT2D eigenvalue weighted by Crippen LogP contribution is -2.29. The number of fused-ring (bicyclic) bond motifs is 1. The highest BCUT2D eigenvalue weighted by atomic mass is 19.1. The number of nitrogens with zero attached hydrogens (tertiary/aromatic N) is 2. The largest absolute Gasteiger partial charge is 0.340 e. The normalized spacial score (nSPS) is 15.6. The van der Waals surface area contributed by atoms with Crippen molar-refractivity contribution < 1.29 is 9.18 Å². The Labute approximate surface area is 105 Å². The summed E-state index contributed by atoms with van der Waals surface area (Å²) in [5.74, 6) is -0.226. The van der Waals surface area contributed by atoms with E-state index in [0.29, 0.717) is 5.69 Å². The third-order valence-corrected chi connectivity index (χ3v) is 3.62. The SMILES string of the molecule is Cn1c(C(=O)N2CCCC2)cc2ccc(F)cc21. The summed E-state index contributed by atoms with van der Waals surface area (Å²) in [4.78, 5) is 14.2. The number of aromatic nitrogens is 1. The van der Waals surface area contributed by atoms with Crippen molar-refractivity contribution in [3.05, 3.63) is 35.8 Å². The van der Waals surface area contributed by atoms with Gasteiger partial charge in [0, 0.05) is 25.5 Å². The molecule has 0 spiro atoms. The molecular formula is C14H15FN2O. The van der Waals surface area contributed by atoms with Gasteiger partial charge in [0.2, 0.25) is 0 Å². The van der Waals surface area contributed by atoms with Gasteiger partial charge in [-0.25, -0.2) is 4.39 Å². The quantitative estimate of drug-likeness (QED) is 0.759. The van der Waals surface area contributed by atoms with E-state index in [4.69, 9.17) is 0 Å². The second kappa shape index (κ2) is 4.12. The lowest BCUT2D eigenvalue weighted by atomic mass is 10.2. The van der Waals surface area contributed by atoms with Gasteiger partial charge in [-0.15, -0.1) is 0 Å². The van der Waals surface area contributed by atoms with Gasteiger partial charge in [0.1, 0.15) is 11.5 Å². The summed E-state index contributed by atoms with van der Waals surface area (Å²) < 4.78 is 15.0. The minimum Gasteiger partial charge on any atom is -0.340 e. The molecule has 2 heterocycles. The van der Waals surface area contributed by atoms with Crippen molar-refractivity contribution in [2.45, 2.75) is 12.8 Å². The van der Waals surface area contributed by atoms with Crippen molar-refractivity contribution in [3.63, 3.8) is 0 Å². The molecule has 0 N–H and O–H groups in total. The van der Waals surface area contributed by atoms with E-state index in [-0.39, 0.29) is 11.7 Å². The molecule has 1 aliphatic heterocycles. The molecule has 1 aromatic carbocycles. The molecule has 0 unspecified atom stereocenters. The molecule has 3 nitrogen and oxygen atoms in total. The first kappa shape index (κ1) is 11.3. The zero-order valence-electron chi connectivity index (χ0n) is 10.3. The van der Waals surface area contributed by atoms with E-state index in [9.17, 15) is 9.18 Å². The number of carbonyl (C=O) groups is 1. The van der Waals surface area contributed by atoms with Crippen LogP contribution in [0.15, 0.2) is 24.3 Å². The Kier molecular flexibility index (Phi) is 2.58. The summed E-state index contributed by atoms with van der Waals surface area (Å²) in [6, 6.07) is 6.45. The number of hydrogen-bond donors (Lipinski definition) is 0. The van der Waals surface area contributed by atoms with Crippen molar-refractivity contribution in [2.75, 3.05) is 13.1 Å². The van der Waals surface area contributed by atoms with Gasteiger partial charge in [0.25, 0.3) is 5.91 Å². The zero-order chi connectivity index (χ0) is 12.7. The molecule has 4 heteroatoms. The predicted octanol–water partition coefficient (Wildman–Crippen LogP) is 2.55. The van der Waals surface area contributed by atoms with E-state index in [1.54, 1.807) is 10.6 Å². The molecule has 0 radical (unpaired) electrons. The van der Waals surface area contributed by atoms with Crippen LogP contribution in [0.4, 0.5) is 4.39 Å². The van der Waals surface area contributed by atoms with E-state index in [0.717, 1.165) is 36.8 Å². The van der Waals surface area contributed by atoms with Gasteiger partial charge in [-0.1, -0.05) is 0 Å². The Bertz CT molecular complexity index is 612. The third kappa shape index (κ3) is 1.68. The standard InChI is InChI=1S/C14H15FN2O/c1-16-12-9-11(15)5-4-10(12)8-13(16)14(18)17-6-2-3-7-17/h4-5,8-9H,2-3,6-7H2,1H3. The van der Waals surface area contributed by atoms with Gasteiger partial charge in [-0.05, 0) is 37.1 Å². The summed E-state index contributed by atoms with van der Waals surface area (Å²) in [6.45, 7) is 1.66. The first-order valence-electron chi connectivity index (χ1n) is 6.21. The second-order valence-electron chi connectivity index (χ2n) is 4.79. The fourth-order valence-electron chi connectivity index (χ4n) is 2.59. The molecule has 0 aliphatic carbocycles. The number of benzene rings is 1. The smallest absolute Gasteiger partial charge is 0.270 e. The summed E-state index contributed by atoms with van der Waals surface area (Å²) >= 11 is 0. The zero-order valence-corrected chi connectivity index (χ0v) is 10.3. The molecule has 0 bridgehead atoms. The van der Waals surface area contributed by atoms with Gasteiger partial charge >= 0.3 is 0 Å². The van der Waals surface area contributed by atoms with Crippen LogP contribution in [0.2, 0.25) is 0 Å². The lowest BCUT2D eigenvalue weighted by molar-refractivity contribution is 0.0784. The minimum atomic E-state index is -0.274. The number of likely N-dealkylation sites (tertiary alicyclic amines) is 1.